The molecule has 0 spiro atoms. The molecular formula is C26H22Cl2N2O4S4. The Kier molecular flexibility index (Phi) is 8.91. The van der Waals surface area contributed by atoms with Gasteiger partial charge in [-0.3, -0.25) is 9.44 Å². The number of benzene rings is 4. The molecule has 0 unspecified atom stereocenters. The van der Waals surface area contributed by atoms with E-state index >= 15 is 0 Å². The summed E-state index contributed by atoms with van der Waals surface area (Å²) in [5, 5.41) is 0.720. The van der Waals surface area contributed by atoms with E-state index in [2.05, 4.69) is 9.44 Å². The summed E-state index contributed by atoms with van der Waals surface area (Å²) in [5.41, 5.74) is 2.48. The average Bonchev–Trinajstić information content (AvgIpc) is 2.84. The summed E-state index contributed by atoms with van der Waals surface area (Å²) in [7, 11) is -5.24. The normalized spacial score (nSPS) is 11.8. The Bertz CT molecular complexity index is 1550. The Morgan fingerprint density at radius 2 is 0.895 bits per heavy atom. The molecule has 0 bridgehead atoms. The largest absolute Gasteiger partial charge is 0.278 e. The number of nitrogens with one attached hydrogen (secondary N) is 2. The van der Waals surface area contributed by atoms with Crippen LogP contribution < -0.4 is 9.44 Å². The highest BCUT2D eigenvalue weighted by Gasteiger charge is 2.19. The molecule has 0 aliphatic heterocycles. The van der Waals surface area contributed by atoms with Gasteiger partial charge in [0, 0.05) is 19.8 Å². The van der Waals surface area contributed by atoms with Gasteiger partial charge >= 0.3 is 0 Å². The molecule has 38 heavy (non-hydrogen) atoms. The molecule has 0 atom stereocenters. The molecule has 12 heteroatoms. The highest BCUT2D eigenvalue weighted by Crippen LogP contribution is 2.45. The minimum Gasteiger partial charge on any atom is -0.278 e. The van der Waals surface area contributed by atoms with E-state index in [0.717, 1.165) is 11.1 Å². The highest BCUT2D eigenvalue weighted by atomic mass is 35.5. The van der Waals surface area contributed by atoms with Gasteiger partial charge in [0.25, 0.3) is 20.0 Å². The molecule has 198 valence electrons. The first kappa shape index (κ1) is 28.7. The second-order valence-electron chi connectivity index (χ2n) is 8.28. The van der Waals surface area contributed by atoms with Crippen LogP contribution in [-0.4, -0.2) is 16.8 Å². The zero-order valence-electron chi connectivity index (χ0n) is 20.1. The van der Waals surface area contributed by atoms with E-state index in [0.29, 0.717) is 31.2 Å². The van der Waals surface area contributed by atoms with Crippen LogP contribution >= 0.6 is 44.8 Å². The van der Waals surface area contributed by atoms with Crippen LogP contribution in [-0.2, 0) is 20.0 Å². The lowest BCUT2D eigenvalue weighted by Crippen LogP contribution is -2.13. The molecule has 2 N–H and O–H groups in total. The molecule has 0 aliphatic rings. The number of aryl methyl sites for hydroxylation is 2. The third kappa shape index (κ3) is 7.19. The van der Waals surface area contributed by atoms with Crippen molar-refractivity contribution in [2.75, 3.05) is 9.44 Å². The first-order valence-corrected chi connectivity index (χ1v) is 16.9. The quantitative estimate of drug-likeness (QED) is 0.183. The standard InChI is InChI=1S/C26H22Cl2N2O4S4/c1-17-3-9-21(10-4-17)37(31,32)29-23-15-19(27)7-13-25(23)35-36-26-14-8-20(28)16-24(26)30-38(33,34)22-11-5-18(2)6-12-22/h3-16,29-30H,1-2H3. The van der Waals surface area contributed by atoms with Crippen LogP contribution in [0, 0.1) is 13.8 Å². The van der Waals surface area contributed by atoms with Crippen LogP contribution in [0.25, 0.3) is 0 Å². The Morgan fingerprint density at radius 1 is 0.553 bits per heavy atom. The van der Waals surface area contributed by atoms with E-state index in [-0.39, 0.29) is 9.79 Å². The number of sulfonamides is 2. The number of hydrogen-bond acceptors (Lipinski definition) is 6. The molecule has 0 amide bonds. The fourth-order valence-corrected chi connectivity index (χ4v) is 8.09. The molecule has 0 aliphatic carbocycles. The summed E-state index contributed by atoms with van der Waals surface area (Å²) >= 11 is 12.3. The van der Waals surface area contributed by atoms with Crippen LogP contribution in [0.5, 0.6) is 0 Å². The van der Waals surface area contributed by atoms with Gasteiger partial charge < -0.3 is 0 Å². The molecule has 0 radical (unpaired) electrons. The van der Waals surface area contributed by atoms with E-state index in [1.165, 1.54) is 58.0 Å². The summed E-state index contributed by atoms with van der Waals surface area (Å²) in [6.45, 7) is 3.75. The second kappa shape index (κ2) is 11.8. The molecule has 6 nitrogen and oxygen atoms in total. The second-order valence-corrected chi connectivity index (χ2v) is 14.7. The molecule has 0 heterocycles. The smallest absolute Gasteiger partial charge is 0.261 e. The molecule has 0 saturated heterocycles. The number of rotatable bonds is 9. The van der Waals surface area contributed by atoms with Gasteiger partial charge in [-0.2, -0.15) is 0 Å². The highest BCUT2D eigenvalue weighted by molar-refractivity contribution is 8.76. The Morgan fingerprint density at radius 3 is 1.24 bits per heavy atom. The molecule has 4 aromatic rings. The summed E-state index contributed by atoms with van der Waals surface area (Å²) in [4.78, 5) is 1.41. The first-order valence-electron chi connectivity index (χ1n) is 11.1. The van der Waals surface area contributed by atoms with Gasteiger partial charge in [-0.15, -0.1) is 0 Å². The molecule has 0 saturated carbocycles. The molecule has 0 fully saturated rings. The van der Waals surface area contributed by atoms with Gasteiger partial charge in [0.05, 0.1) is 21.2 Å². The molecule has 4 aromatic carbocycles. The van der Waals surface area contributed by atoms with E-state index in [1.54, 1.807) is 48.5 Å². The monoisotopic (exact) mass is 624 g/mol. The fourth-order valence-electron chi connectivity index (χ4n) is 3.24. The third-order valence-electron chi connectivity index (χ3n) is 5.26. The molecule has 4 rings (SSSR count). The lowest BCUT2D eigenvalue weighted by atomic mass is 10.2. The van der Waals surface area contributed by atoms with E-state index in [9.17, 15) is 16.8 Å². The minimum atomic E-state index is -3.86. The van der Waals surface area contributed by atoms with Crippen LogP contribution in [0.3, 0.4) is 0 Å². The topological polar surface area (TPSA) is 92.3 Å². The zero-order chi connectivity index (χ0) is 27.5. The van der Waals surface area contributed by atoms with Crippen LogP contribution in [0.15, 0.2) is 105 Å². The van der Waals surface area contributed by atoms with Crippen molar-refractivity contribution >= 4 is 76.2 Å². The van der Waals surface area contributed by atoms with Crippen molar-refractivity contribution in [1.82, 2.24) is 0 Å². The lowest BCUT2D eigenvalue weighted by molar-refractivity contribution is 0.599. The number of halogens is 2. The van der Waals surface area contributed by atoms with E-state index < -0.39 is 20.0 Å². The van der Waals surface area contributed by atoms with Crippen LogP contribution in [0.1, 0.15) is 11.1 Å². The van der Waals surface area contributed by atoms with Crippen molar-refractivity contribution in [1.29, 1.82) is 0 Å². The Hall–Kier alpha value is -2.34. The Balaban J connectivity index is 1.59. The summed E-state index contributed by atoms with van der Waals surface area (Å²) < 4.78 is 57.2. The molecule has 0 aromatic heterocycles. The van der Waals surface area contributed by atoms with Gasteiger partial charge in [-0.05, 0) is 74.5 Å². The SMILES string of the molecule is Cc1ccc(S(=O)(=O)Nc2cc(Cl)ccc2SSc2ccc(Cl)cc2NS(=O)(=O)c2ccc(C)cc2)cc1. The van der Waals surface area contributed by atoms with Crippen LogP contribution in [0.2, 0.25) is 10.0 Å². The number of hydrogen-bond donors (Lipinski definition) is 2. The summed E-state index contributed by atoms with van der Waals surface area (Å²) in [6, 6.07) is 22.7. The van der Waals surface area contributed by atoms with Crippen LogP contribution in [0.4, 0.5) is 11.4 Å². The number of anilines is 2. The Labute approximate surface area is 240 Å². The van der Waals surface area contributed by atoms with Crippen molar-refractivity contribution in [2.45, 2.75) is 33.4 Å². The van der Waals surface area contributed by atoms with Gasteiger partial charge in [0.1, 0.15) is 0 Å². The van der Waals surface area contributed by atoms with Gasteiger partial charge in [0.15, 0.2) is 0 Å². The van der Waals surface area contributed by atoms with Gasteiger partial charge in [-0.25, -0.2) is 16.8 Å². The first-order chi connectivity index (χ1) is 17.9. The fraction of sp³-hybridized carbons (Fsp3) is 0.0769. The lowest BCUT2D eigenvalue weighted by Gasteiger charge is -2.15. The van der Waals surface area contributed by atoms with Crippen molar-refractivity contribution in [2.24, 2.45) is 0 Å². The maximum atomic E-state index is 13.0. The van der Waals surface area contributed by atoms with Gasteiger partial charge in [0.2, 0.25) is 0 Å². The minimum absolute atomic E-state index is 0.122. The predicted molar refractivity (Wildman–Crippen MR) is 159 cm³/mol. The van der Waals surface area contributed by atoms with E-state index in [4.69, 9.17) is 23.2 Å². The van der Waals surface area contributed by atoms with Crippen molar-refractivity contribution in [3.05, 3.63) is 106 Å². The van der Waals surface area contributed by atoms with E-state index in [1.807, 2.05) is 13.8 Å². The van der Waals surface area contributed by atoms with Gasteiger partial charge in [-0.1, -0.05) is 80.2 Å². The maximum absolute atomic E-state index is 13.0. The maximum Gasteiger partial charge on any atom is 0.261 e. The van der Waals surface area contributed by atoms with Crippen molar-refractivity contribution in [3.8, 4) is 0 Å². The summed E-state index contributed by atoms with van der Waals surface area (Å²) in [5.74, 6) is 0. The summed E-state index contributed by atoms with van der Waals surface area (Å²) in [6.07, 6.45) is 0. The van der Waals surface area contributed by atoms with Crippen molar-refractivity contribution in [3.63, 3.8) is 0 Å². The molecular weight excluding hydrogens is 603 g/mol. The average molecular weight is 626 g/mol. The third-order valence-corrected chi connectivity index (χ3v) is 11.0. The predicted octanol–water partition coefficient (Wildman–Crippen LogP) is 8.01. The zero-order valence-corrected chi connectivity index (χ0v) is 24.9. The van der Waals surface area contributed by atoms with Crippen molar-refractivity contribution < 1.29 is 16.8 Å².